The molecule has 0 atom stereocenters. The van der Waals surface area contributed by atoms with Crippen LogP contribution in [-0.2, 0) is 0 Å². The first-order valence-corrected chi connectivity index (χ1v) is 2.83. The summed E-state index contributed by atoms with van der Waals surface area (Å²) in [5.41, 5.74) is 0. The first-order chi connectivity index (χ1) is 3.43. The summed E-state index contributed by atoms with van der Waals surface area (Å²) in [5.74, 6) is 0. The number of hydrogen-bond acceptors (Lipinski definition) is 2. The van der Waals surface area contributed by atoms with Gasteiger partial charge in [-0.25, -0.2) is 0 Å². The Labute approximate surface area is 46.3 Å². The molecule has 1 heterocycles. The van der Waals surface area contributed by atoms with Crippen LogP contribution in [0.25, 0.3) is 0 Å². The van der Waals surface area contributed by atoms with Crippen LogP contribution in [0.5, 0.6) is 0 Å². The average Bonchev–Trinajstić information content (AvgIpc) is 2.14. The zero-order valence-corrected chi connectivity index (χ0v) is 4.53. The lowest BCUT2D eigenvalue weighted by atomic mass is 10.8. The predicted octanol–water partition coefficient (Wildman–Crippen LogP) is 1.29. The van der Waals surface area contributed by atoms with Gasteiger partial charge in [0.15, 0.2) is 0 Å². The highest BCUT2D eigenvalue weighted by Gasteiger charge is 1.83. The number of hydrogen-bond donors (Lipinski definition) is 1. The quantitative estimate of drug-likeness (QED) is 0.556. The largest absolute Gasteiger partial charge is 0.272 e. The molecule has 0 saturated heterocycles. The molecular formula is C4H5N2S. The Bertz CT molecular complexity index is 124. The summed E-state index contributed by atoms with van der Waals surface area (Å²) < 4.78 is 0. The highest BCUT2D eigenvalue weighted by Crippen LogP contribution is 2.08. The Kier molecular flexibility index (Phi) is 1.36. The topological polar surface area (TPSA) is 28.7 Å². The minimum absolute atomic E-state index is 1.00. The Balaban J connectivity index is 2.76. The molecule has 0 saturated carbocycles. The molecule has 3 heteroatoms. The predicted molar refractivity (Wildman–Crippen MR) is 29.8 cm³/mol. The molecule has 1 aromatic heterocycles. The molecule has 0 amide bonds. The summed E-state index contributed by atoms with van der Waals surface area (Å²) >= 11 is 1.41. The van der Waals surface area contributed by atoms with E-state index in [1.165, 1.54) is 11.8 Å². The van der Waals surface area contributed by atoms with Crippen LogP contribution >= 0.6 is 11.8 Å². The normalized spacial score (nSPS) is 9.29. The van der Waals surface area contributed by atoms with Crippen molar-refractivity contribution in [3.8, 4) is 0 Å². The second-order valence-corrected chi connectivity index (χ2v) is 1.79. The van der Waals surface area contributed by atoms with Gasteiger partial charge in [0.1, 0.15) is 0 Å². The van der Waals surface area contributed by atoms with Crippen molar-refractivity contribution in [1.82, 2.24) is 10.2 Å². The first-order valence-electron chi connectivity index (χ1n) is 1.85. The van der Waals surface area contributed by atoms with E-state index >= 15 is 0 Å². The van der Waals surface area contributed by atoms with Crippen molar-refractivity contribution in [2.24, 2.45) is 0 Å². The fourth-order valence-corrected chi connectivity index (χ4v) is 0.598. The van der Waals surface area contributed by atoms with E-state index in [0.717, 1.165) is 5.03 Å². The molecule has 0 aromatic carbocycles. The van der Waals surface area contributed by atoms with Gasteiger partial charge in [0, 0.05) is 12.5 Å². The van der Waals surface area contributed by atoms with Crippen molar-refractivity contribution >= 4 is 11.8 Å². The Morgan fingerprint density at radius 1 is 1.86 bits per heavy atom. The minimum Gasteiger partial charge on any atom is -0.272 e. The van der Waals surface area contributed by atoms with Gasteiger partial charge < -0.3 is 0 Å². The van der Waals surface area contributed by atoms with Crippen LogP contribution in [0.2, 0.25) is 0 Å². The van der Waals surface area contributed by atoms with Crippen molar-refractivity contribution in [2.45, 2.75) is 5.03 Å². The first kappa shape index (κ1) is 4.71. The number of nitrogens with zero attached hydrogens (tertiary/aromatic N) is 1. The maximum absolute atomic E-state index is 3.71. The fourth-order valence-electron chi connectivity index (χ4n) is 0.324. The number of aromatic nitrogens is 2. The number of thioether (sulfide) groups is 1. The average molecular weight is 113 g/mol. The summed E-state index contributed by atoms with van der Waals surface area (Å²) in [6.07, 6.45) is 5.28. The van der Waals surface area contributed by atoms with E-state index in [0.29, 0.717) is 0 Å². The summed E-state index contributed by atoms with van der Waals surface area (Å²) in [5, 5.41) is 7.44. The maximum atomic E-state index is 3.71. The van der Waals surface area contributed by atoms with Gasteiger partial charge in [0.25, 0.3) is 0 Å². The molecule has 0 unspecified atom stereocenters. The minimum atomic E-state index is 1.00. The van der Waals surface area contributed by atoms with E-state index in [1.807, 2.05) is 6.07 Å². The molecule has 37 valence electrons. The summed E-state index contributed by atoms with van der Waals surface area (Å²) in [7, 11) is 0. The van der Waals surface area contributed by atoms with Crippen molar-refractivity contribution in [1.29, 1.82) is 0 Å². The van der Waals surface area contributed by atoms with Crippen molar-refractivity contribution < 1.29 is 0 Å². The molecule has 0 aliphatic heterocycles. The van der Waals surface area contributed by atoms with Crippen LogP contribution in [0.1, 0.15) is 0 Å². The van der Waals surface area contributed by atoms with Crippen LogP contribution in [0.15, 0.2) is 17.3 Å². The lowest BCUT2D eigenvalue weighted by Gasteiger charge is -1.79. The molecule has 0 aliphatic rings. The van der Waals surface area contributed by atoms with E-state index in [2.05, 4.69) is 16.5 Å². The van der Waals surface area contributed by atoms with Gasteiger partial charge in [-0.3, -0.25) is 5.10 Å². The Morgan fingerprint density at radius 2 is 2.71 bits per heavy atom. The maximum Gasteiger partial charge on any atom is 0.0907 e. The highest BCUT2D eigenvalue weighted by molar-refractivity contribution is 8.00. The zero-order valence-electron chi connectivity index (χ0n) is 3.72. The van der Waals surface area contributed by atoms with Gasteiger partial charge in [0.2, 0.25) is 0 Å². The third kappa shape index (κ3) is 0.962. The van der Waals surface area contributed by atoms with Crippen LogP contribution in [0, 0.1) is 6.26 Å². The second kappa shape index (κ2) is 2.02. The SMILES string of the molecule is [CH2]Sc1ccn[nH]1. The lowest BCUT2D eigenvalue weighted by molar-refractivity contribution is 1.01. The van der Waals surface area contributed by atoms with Crippen LogP contribution < -0.4 is 0 Å². The van der Waals surface area contributed by atoms with E-state index in [1.54, 1.807) is 6.20 Å². The van der Waals surface area contributed by atoms with Crippen molar-refractivity contribution in [2.75, 3.05) is 0 Å². The summed E-state index contributed by atoms with van der Waals surface area (Å²) in [6, 6.07) is 1.87. The molecule has 7 heavy (non-hydrogen) atoms. The van der Waals surface area contributed by atoms with E-state index in [9.17, 15) is 0 Å². The standard InChI is InChI=1S/C4H5N2S/c1-7-4-2-3-5-6-4/h2-3H,1H2,(H,5,6). The Morgan fingerprint density at radius 3 is 3.00 bits per heavy atom. The number of H-pyrrole nitrogens is 1. The van der Waals surface area contributed by atoms with E-state index < -0.39 is 0 Å². The van der Waals surface area contributed by atoms with Crippen molar-refractivity contribution in [3.63, 3.8) is 0 Å². The number of rotatable bonds is 1. The zero-order chi connectivity index (χ0) is 5.11. The monoisotopic (exact) mass is 113 g/mol. The summed E-state index contributed by atoms with van der Waals surface area (Å²) in [4.78, 5) is 0. The second-order valence-electron chi connectivity index (χ2n) is 1.07. The molecule has 0 fully saturated rings. The van der Waals surface area contributed by atoms with Gasteiger partial charge in [-0.1, -0.05) is 0 Å². The smallest absolute Gasteiger partial charge is 0.0907 e. The van der Waals surface area contributed by atoms with Gasteiger partial charge in [-0.15, -0.1) is 11.8 Å². The number of aromatic amines is 1. The molecular weight excluding hydrogens is 108 g/mol. The molecule has 0 spiro atoms. The molecule has 0 bridgehead atoms. The fraction of sp³-hybridized carbons (Fsp3) is 0. The van der Waals surface area contributed by atoms with E-state index in [-0.39, 0.29) is 0 Å². The van der Waals surface area contributed by atoms with Gasteiger partial charge in [-0.2, -0.15) is 5.10 Å². The van der Waals surface area contributed by atoms with Crippen molar-refractivity contribution in [3.05, 3.63) is 18.5 Å². The molecule has 1 radical (unpaired) electrons. The van der Waals surface area contributed by atoms with E-state index in [4.69, 9.17) is 0 Å². The van der Waals surface area contributed by atoms with Gasteiger partial charge >= 0.3 is 0 Å². The lowest BCUT2D eigenvalue weighted by Crippen LogP contribution is -1.63. The molecule has 0 aliphatic carbocycles. The van der Waals surface area contributed by atoms with Crippen LogP contribution in [-0.4, -0.2) is 10.2 Å². The van der Waals surface area contributed by atoms with Gasteiger partial charge in [0.05, 0.1) is 5.03 Å². The van der Waals surface area contributed by atoms with Gasteiger partial charge in [-0.05, 0) is 6.07 Å². The van der Waals surface area contributed by atoms with Crippen LogP contribution in [0.4, 0.5) is 0 Å². The highest BCUT2D eigenvalue weighted by atomic mass is 32.2. The summed E-state index contributed by atoms with van der Waals surface area (Å²) in [6.45, 7) is 0. The molecule has 1 N–H and O–H groups in total. The molecule has 1 rings (SSSR count). The number of nitrogens with one attached hydrogen (secondary N) is 1. The Hall–Kier alpha value is -0.440. The molecule has 1 aromatic rings. The molecule has 2 nitrogen and oxygen atoms in total. The van der Waals surface area contributed by atoms with Crippen LogP contribution in [0.3, 0.4) is 0 Å². The third-order valence-electron chi connectivity index (χ3n) is 0.631. The third-order valence-corrected chi connectivity index (χ3v) is 1.17.